The van der Waals surface area contributed by atoms with Crippen molar-refractivity contribution in [2.24, 2.45) is 0 Å². The number of carbonyl (C=O) groups excluding carboxylic acids is 2. The van der Waals surface area contributed by atoms with Crippen LogP contribution >= 0.6 is 48.0 Å². The molecule has 0 spiro atoms. The summed E-state index contributed by atoms with van der Waals surface area (Å²) in [4.78, 5) is 27.4. The standard InChI is InChI=1S/C10H12N2O2S4/c1-3-11-7(13)5(17-9(11)15)6-8(14)12(4-2)10(16)18-6/h5-6H,3-4H2,1-2H3/t5-,6-/m1/s1. The lowest BCUT2D eigenvalue weighted by Gasteiger charge is -2.15. The fourth-order valence-electron chi connectivity index (χ4n) is 1.88. The molecular weight excluding hydrogens is 308 g/mol. The van der Waals surface area contributed by atoms with Crippen LogP contribution in [0.3, 0.4) is 0 Å². The zero-order valence-corrected chi connectivity index (χ0v) is 13.2. The number of rotatable bonds is 3. The molecule has 2 amide bonds. The Bertz CT molecular complexity index is 400. The fourth-order valence-corrected chi connectivity index (χ4v) is 5.34. The second-order valence-corrected chi connectivity index (χ2v) is 7.32. The van der Waals surface area contributed by atoms with Gasteiger partial charge in [-0.2, -0.15) is 0 Å². The summed E-state index contributed by atoms with van der Waals surface area (Å²) in [7, 11) is 0. The van der Waals surface area contributed by atoms with Crippen LogP contribution in [0.25, 0.3) is 0 Å². The van der Waals surface area contributed by atoms with Crippen LogP contribution in [0.4, 0.5) is 0 Å². The first kappa shape index (κ1) is 14.2. The van der Waals surface area contributed by atoms with Crippen molar-refractivity contribution in [3.05, 3.63) is 0 Å². The predicted molar refractivity (Wildman–Crippen MR) is 82.7 cm³/mol. The number of amides is 2. The van der Waals surface area contributed by atoms with Gasteiger partial charge in [0, 0.05) is 13.1 Å². The zero-order chi connectivity index (χ0) is 13.4. The van der Waals surface area contributed by atoms with Crippen LogP contribution in [0.2, 0.25) is 0 Å². The molecule has 2 rings (SSSR count). The van der Waals surface area contributed by atoms with Crippen molar-refractivity contribution in [2.45, 2.75) is 24.3 Å². The minimum absolute atomic E-state index is 0.0703. The van der Waals surface area contributed by atoms with Gasteiger partial charge in [-0.25, -0.2) is 0 Å². The predicted octanol–water partition coefficient (Wildman–Crippen LogP) is 1.48. The minimum Gasteiger partial charge on any atom is -0.297 e. The maximum Gasteiger partial charge on any atom is 0.243 e. The van der Waals surface area contributed by atoms with E-state index in [1.54, 1.807) is 9.80 Å². The van der Waals surface area contributed by atoms with Gasteiger partial charge in [0.2, 0.25) is 11.8 Å². The molecule has 0 radical (unpaired) electrons. The molecule has 0 unspecified atom stereocenters. The summed E-state index contributed by atoms with van der Waals surface area (Å²) in [6.45, 7) is 4.85. The fraction of sp³-hybridized carbons (Fsp3) is 0.600. The lowest BCUT2D eigenvalue weighted by molar-refractivity contribution is -0.130. The van der Waals surface area contributed by atoms with Crippen LogP contribution in [0, 0.1) is 0 Å². The van der Waals surface area contributed by atoms with Gasteiger partial charge in [-0.1, -0.05) is 48.0 Å². The molecule has 98 valence electrons. The van der Waals surface area contributed by atoms with E-state index in [2.05, 4.69) is 0 Å². The summed E-state index contributed by atoms with van der Waals surface area (Å²) < 4.78 is 1.11. The highest BCUT2D eigenvalue weighted by atomic mass is 32.2. The highest BCUT2D eigenvalue weighted by Crippen LogP contribution is 2.39. The van der Waals surface area contributed by atoms with Gasteiger partial charge in [-0.05, 0) is 13.8 Å². The van der Waals surface area contributed by atoms with Crippen molar-refractivity contribution >= 4 is 68.4 Å². The largest absolute Gasteiger partial charge is 0.297 e. The van der Waals surface area contributed by atoms with Gasteiger partial charge in [0.1, 0.15) is 19.1 Å². The van der Waals surface area contributed by atoms with Crippen LogP contribution in [-0.2, 0) is 9.59 Å². The lowest BCUT2D eigenvalue weighted by Crippen LogP contribution is -2.40. The average molecular weight is 320 g/mol. The summed E-state index contributed by atoms with van der Waals surface area (Å²) in [6.07, 6.45) is 0. The third-order valence-electron chi connectivity index (χ3n) is 2.82. The van der Waals surface area contributed by atoms with Gasteiger partial charge >= 0.3 is 0 Å². The SMILES string of the molecule is CCN1C(=O)[C@@H]([C@H]2SC(=S)N(CC)C2=O)SC1=S. The summed E-state index contributed by atoms with van der Waals surface area (Å²) in [5.74, 6) is -0.141. The van der Waals surface area contributed by atoms with Crippen LogP contribution in [0.1, 0.15) is 13.8 Å². The van der Waals surface area contributed by atoms with Crippen molar-refractivity contribution in [3.63, 3.8) is 0 Å². The first-order valence-electron chi connectivity index (χ1n) is 5.55. The molecule has 8 heteroatoms. The summed E-state index contributed by atoms with van der Waals surface area (Å²) >= 11 is 12.9. The second-order valence-electron chi connectivity index (χ2n) is 3.77. The van der Waals surface area contributed by atoms with Gasteiger partial charge < -0.3 is 0 Å². The quantitative estimate of drug-likeness (QED) is 0.734. The van der Waals surface area contributed by atoms with E-state index in [-0.39, 0.29) is 11.8 Å². The molecule has 2 heterocycles. The molecule has 0 saturated carbocycles. The summed E-state index contributed by atoms with van der Waals surface area (Å²) in [5, 5.41) is -0.853. The molecule has 0 aromatic carbocycles. The van der Waals surface area contributed by atoms with E-state index < -0.39 is 10.5 Å². The highest BCUT2D eigenvalue weighted by molar-refractivity contribution is 8.27. The molecule has 0 bridgehead atoms. The van der Waals surface area contributed by atoms with Crippen molar-refractivity contribution < 1.29 is 9.59 Å². The molecule has 2 aliphatic heterocycles. The van der Waals surface area contributed by atoms with Gasteiger partial charge in [-0.15, -0.1) is 0 Å². The molecule has 0 aromatic heterocycles. The Hall–Kier alpha value is -0.180. The van der Waals surface area contributed by atoms with E-state index in [0.717, 1.165) is 0 Å². The van der Waals surface area contributed by atoms with Crippen LogP contribution in [-0.4, -0.2) is 53.8 Å². The Kier molecular flexibility index (Phi) is 4.30. The number of hydrogen-bond donors (Lipinski definition) is 0. The Morgan fingerprint density at radius 3 is 1.50 bits per heavy atom. The first-order valence-corrected chi connectivity index (χ1v) is 8.12. The van der Waals surface area contributed by atoms with E-state index in [1.165, 1.54) is 23.5 Å². The molecule has 2 fully saturated rings. The third-order valence-corrected chi connectivity index (χ3v) is 6.31. The summed E-state index contributed by atoms with van der Waals surface area (Å²) in [6, 6.07) is 0. The molecule has 0 N–H and O–H groups in total. The van der Waals surface area contributed by atoms with Gasteiger partial charge in [0.25, 0.3) is 0 Å². The van der Waals surface area contributed by atoms with Gasteiger partial charge in [-0.3, -0.25) is 19.4 Å². The summed E-state index contributed by atoms with van der Waals surface area (Å²) in [5.41, 5.74) is 0. The number of thioether (sulfide) groups is 2. The Morgan fingerprint density at radius 2 is 1.28 bits per heavy atom. The Labute approximate surface area is 125 Å². The van der Waals surface area contributed by atoms with E-state index in [0.29, 0.717) is 21.7 Å². The molecule has 0 aromatic rings. The topological polar surface area (TPSA) is 40.6 Å². The van der Waals surface area contributed by atoms with Crippen molar-refractivity contribution in [1.82, 2.24) is 9.80 Å². The molecule has 2 saturated heterocycles. The van der Waals surface area contributed by atoms with E-state index >= 15 is 0 Å². The lowest BCUT2D eigenvalue weighted by atomic mass is 10.2. The highest BCUT2D eigenvalue weighted by Gasteiger charge is 2.49. The van der Waals surface area contributed by atoms with Crippen LogP contribution in [0.15, 0.2) is 0 Å². The second kappa shape index (κ2) is 5.44. The van der Waals surface area contributed by atoms with E-state index in [4.69, 9.17) is 24.4 Å². The van der Waals surface area contributed by atoms with Gasteiger partial charge in [0.15, 0.2) is 0 Å². The number of hydrogen-bond acceptors (Lipinski definition) is 6. The van der Waals surface area contributed by atoms with Crippen LogP contribution < -0.4 is 0 Å². The maximum absolute atomic E-state index is 12.2. The smallest absolute Gasteiger partial charge is 0.243 e. The van der Waals surface area contributed by atoms with Gasteiger partial charge in [0.05, 0.1) is 0 Å². The molecule has 2 aliphatic rings. The first-order chi connectivity index (χ1) is 8.51. The van der Waals surface area contributed by atoms with E-state index in [1.807, 2.05) is 13.8 Å². The Morgan fingerprint density at radius 1 is 0.944 bits per heavy atom. The molecular formula is C10H12N2O2S4. The van der Waals surface area contributed by atoms with Crippen LogP contribution in [0.5, 0.6) is 0 Å². The normalized spacial score (nSPS) is 28.8. The molecule has 2 atom stereocenters. The maximum atomic E-state index is 12.2. The minimum atomic E-state index is -0.426. The van der Waals surface area contributed by atoms with Crippen molar-refractivity contribution in [2.75, 3.05) is 13.1 Å². The monoisotopic (exact) mass is 320 g/mol. The van der Waals surface area contributed by atoms with Crippen molar-refractivity contribution in [3.8, 4) is 0 Å². The number of nitrogens with zero attached hydrogens (tertiary/aromatic N) is 2. The third kappa shape index (κ3) is 2.19. The number of thiocarbonyl (C=S) groups is 2. The molecule has 0 aliphatic carbocycles. The Balaban J connectivity index is 2.20. The molecule has 4 nitrogen and oxygen atoms in total. The number of carbonyl (C=O) groups is 2. The average Bonchev–Trinajstić information content (AvgIpc) is 2.76. The molecule has 18 heavy (non-hydrogen) atoms. The van der Waals surface area contributed by atoms with Crippen molar-refractivity contribution in [1.29, 1.82) is 0 Å². The van der Waals surface area contributed by atoms with E-state index in [9.17, 15) is 9.59 Å². The zero-order valence-electron chi connectivity index (χ0n) is 9.91.